The van der Waals surface area contributed by atoms with E-state index in [1.54, 1.807) is 26.0 Å². The zero-order valence-corrected chi connectivity index (χ0v) is 18.8. The molecule has 0 bridgehead atoms. The van der Waals surface area contributed by atoms with E-state index in [2.05, 4.69) is 16.0 Å². The van der Waals surface area contributed by atoms with Crippen molar-refractivity contribution in [1.29, 1.82) is 0 Å². The maximum absolute atomic E-state index is 12.9. The third kappa shape index (κ3) is 6.30. The molecule has 2 amide bonds. The summed E-state index contributed by atoms with van der Waals surface area (Å²) in [7, 11) is 0. The van der Waals surface area contributed by atoms with Gasteiger partial charge in [0.1, 0.15) is 6.04 Å². The van der Waals surface area contributed by atoms with Gasteiger partial charge < -0.3 is 16.0 Å². The number of hydrogen-bond acceptors (Lipinski definition) is 5. The van der Waals surface area contributed by atoms with Crippen molar-refractivity contribution in [2.75, 3.05) is 10.6 Å². The molecule has 0 unspecified atom stereocenters. The number of hydrogen-bond donors (Lipinski definition) is 3. The third-order valence-corrected chi connectivity index (χ3v) is 5.17. The summed E-state index contributed by atoms with van der Waals surface area (Å²) >= 11 is 6.04. The quantitative estimate of drug-likeness (QED) is 0.304. The van der Waals surface area contributed by atoms with Gasteiger partial charge in [-0.2, -0.15) is 0 Å². The number of carbonyl (C=O) groups excluding carboxylic acids is 2. The van der Waals surface area contributed by atoms with E-state index in [1.165, 1.54) is 12.1 Å². The maximum Gasteiger partial charge on any atom is 0.270 e. The van der Waals surface area contributed by atoms with Crippen molar-refractivity contribution < 1.29 is 14.5 Å². The molecule has 0 saturated heterocycles. The van der Waals surface area contributed by atoms with Gasteiger partial charge in [0, 0.05) is 29.2 Å². The highest BCUT2D eigenvalue weighted by atomic mass is 35.5. The minimum absolute atomic E-state index is 0.0528. The van der Waals surface area contributed by atoms with Crippen molar-refractivity contribution >= 4 is 46.2 Å². The summed E-state index contributed by atoms with van der Waals surface area (Å²) in [6, 6.07) is 19.6. The van der Waals surface area contributed by atoms with Crippen LogP contribution in [0.25, 0.3) is 0 Å². The van der Waals surface area contributed by atoms with Crippen LogP contribution in [0.1, 0.15) is 24.2 Å². The number of amides is 2. The molecule has 1 atom stereocenters. The first-order chi connectivity index (χ1) is 15.7. The van der Waals surface area contributed by atoms with Crippen LogP contribution in [0.2, 0.25) is 5.02 Å². The van der Waals surface area contributed by atoms with Gasteiger partial charge in [-0.05, 0) is 48.4 Å². The summed E-state index contributed by atoms with van der Waals surface area (Å²) < 4.78 is 0. The highest BCUT2D eigenvalue weighted by Gasteiger charge is 2.26. The van der Waals surface area contributed by atoms with E-state index in [0.29, 0.717) is 5.69 Å². The second kappa shape index (κ2) is 10.6. The molecular weight excluding hydrogens is 444 g/mol. The fraction of sp³-hybridized carbons (Fsp3) is 0.167. The summed E-state index contributed by atoms with van der Waals surface area (Å²) in [5, 5.41) is 19.5. The summed E-state index contributed by atoms with van der Waals surface area (Å²) in [5.41, 5.74) is 2.21. The minimum Gasteiger partial charge on any atom is -0.356 e. The van der Waals surface area contributed by atoms with Crippen molar-refractivity contribution in [3.05, 3.63) is 93.5 Å². The Morgan fingerprint density at radius 3 is 2.09 bits per heavy atom. The number of para-hydroxylation sites is 1. The molecule has 0 fully saturated rings. The number of nitro groups is 1. The van der Waals surface area contributed by atoms with Crippen molar-refractivity contribution in [3.63, 3.8) is 0 Å². The van der Waals surface area contributed by atoms with E-state index in [4.69, 9.17) is 11.6 Å². The van der Waals surface area contributed by atoms with Gasteiger partial charge >= 0.3 is 0 Å². The minimum atomic E-state index is -0.842. The van der Waals surface area contributed by atoms with Crippen LogP contribution in [-0.4, -0.2) is 22.8 Å². The van der Waals surface area contributed by atoms with Gasteiger partial charge in [0.05, 0.1) is 15.5 Å². The molecule has 0 aliphatic rings. The Bertz CT molecular complexity index is 1150. The molecular formula is C24H23ClN4O4. The molecule has 0 radical (unpaired) electrons. The standard InChI is InChI=1S/C24H23ClN4O4/c1-15(2)22(28-23(30)20-13-12-19(29(32)33)14-21(20)25)24(31)27-18-10-8-17(9-11-18)26-16-6-4-3-5-7-16/h3-15,22,26H,1-2H3,(H,27,31)(H,28,30)/t22-/m0/s1. The number of nitrogens with zero attached hydrogens (tertiary/aromatic N) is 1. The molecule has 0 heterocycles. The third-order valence-electron chi connectivity index (χ3n) is 4.86. The Labute approximate surface area is 196 Å². The van der Waals surface area contributed by atoms with Crippen LogP contribution in [0.4, 0.5) is 22.7 Å². The SMILES string of the molecule is CC(C)[C@H](NC(=O)c1ccc([N+](=O)[O-])cc1Cl)C(=O)Nc1ccc(Nc2ccccc2)cc1. The fourth-order valence-corrected chi connectivity index (χ4v) is 3.36. The summed E-state index contributed by atoms with van der Waals surface area (Å²) in [4.78, 5) is 35.8. The van der Waals surface area contributed by atoms with Crippen LogP contribution in [0.15, 0.2) is 72.8 Å². The van der Waals surface area contributed by atoms with Crippen LogP contribution in [0.5, 0.6) is 0 Å². The second-order valence-corrected chi connectivity index (χ2v) is 8.08. The normalized spacial score (nSPS) is 11.5. The molecule has 0 saturated carbocycles. The average Bonchev–Trinajstić information content (AvgIpc) is 2.78. The topological polar surface area (TPSA) is 113 Å². The summed E-state index contributed by atoms with van der Waals surface area (Å²) in [6.45, 7) is 3.60. The van der Waals surface area contributed by atoms with Gasteiger partial charge in [0.25, 0.3) is 11.6 Å². The smallest absolute Gasteiger partial charge is 0.270 e. The first-order valence-electron chi connectivity index (χ1n) is 10.2. The number of nitrogens with one attached hydrogen (secondary N) is 3. The van der Waals surface area contributed by atoms with Gasteiger partial charge in [-0.3, -0.25) is 19.7 Å². The second-order valence-electron chi connectivity index (χ2n) is 7.67. The molecule has 0 aliphatic carbocycles. The molecule has 3 aromatic rings. The molecule has 33 heavy (non-hydrogen) atoms. The van der Waals surface area contributed by atoms with E-state index in [-0.39, 0.29) is 28.1 Å². The van der Waals surface area contributed by atoms with Gasteiger partial charge in [-0.25, -0.2) is 0 Å². The Balaban J connectivity index is 1.66. The lowest BCUT2D eigenvalue weighted by atomic mass is 10.0. The predicted octanol–water partition coefficient (Wildman–Crippen LogP) is 5.38. The Morgan fingerprint density at radius 2 is 1.52 bits per heavy atom. The van der Waals surface area contributed by atoms with E-state index >= 15 is 0 Å². The highest BCUT2D eigenvalue weighted by Crippen LogP contribution is 2.23. The van der Waals surface area contributed by atoms with Crippen LogP contribution < -0.4 is 16.0 Å². The maximum atomic E-state index is 12.9. The molecule has 0 aromatic heterocycles. The van der Waals surface area contributed by atoms with Gasteiger partial charge in [-0.15, -0.1) is 0 Å². The van der Waals surface area contributed by atoms with E-state index in [1.807, 2.05) is 42.5 Å². The number of rotatable bonds is 8. The van der Waals surface area contributed by atoms with Crippen molar-refractivity contribution in [3.8, 4) is 0 Å². The Morgan fingerprint density at radius 1 is 0.909 bits per heavy atom. The average molecular weight is 467 g/mol. The molecule has 3 N–H and O–H groups in total. The van der Waals surface area contributed by atoms with Crippen LogP contribution in [-0.2, 0) is 4.79 Å². The number of carbonyl (C=O) groups is 2. The molecule has 3 rings (SSSR count). The number of halogens is 1. The monoisotopic (exact) mass is 466 g/mol. The molecule has 0 spiro atoms. The lowest BCUT2D eigenvalue weighted by molar-refractivity contribution is -0.384. The molecule has 3 aromatic carbocycles. The van der Waals surface area contributed by atoms with Crippen LogP contribution in [0, 0.1) is 16.0 Å². The van der Waals surface area contributed by atoms with Gasteiger partial charge in [0.15, 0.2) is 0 Å². The molecule has 170 valence electrons. The lowest BCUT2D eigenvalue weighted by Gasteiger charge is -2.22. The van der Waals surface area contributed by atoms with Crippen molar-refractivity contribution in [2.45, 2.75) is 19.9 Å². The summed E-state index contributed by atoms with van der Waals surface area (Å²) in [5.74, 6) is -1.20. The lowest BCUT2D eigenvalue weighted by Crippen LogP contribution is -2.47. The zero-order valence-electron chi connectivity index (χ0n) is 18.0. The number of non-ortho nitro benzene ring substituents is 1. The van der Waals surface area contributed by atoms with Crippen LogP contribution in [0.3, 0.4) is 0 Å². The molecule has 9 heteroatoms. The number of nitro benzene ring substituents is 1. The zero-order chi connectivity index (χ0) is 24.0. The van der Waals surface area contributed by atoms with Crippen LogP contribution >= 0.6 is 11.6 Å². The van der Waals surface area contributed by atoms with Crippen molar-refractivity contribution in [2.24, 2.45) is 5.92 Å². The number of anilines is 3. The van der Waals surface area contributed by atoms with Gasteiger partial charge in [-0.1, -0.05) is 43.6 Å². The van der Waals surface area contributed by atoms with E-state index in [0.717, 1.165) is 17.4 Å². The number of benzene rings is 3. The Kier molecular flexibility index (Phi) is 7.63. The highest BCUT2D eigenvalue weighted by molar-refractivity contribution is 6.34. The Hall–Kier alpha value is -3.91. The first kappa shape index (κ1) is 23.7. The van der Waals surface area contributed by atoms with E-state index in [9.17, 15) is 19.7 Å². The van der Waals surface area contributed by atoms with Crippen molar-refractivity contribution in [1.82, 2.24) is 5.32 Å². The largest absolute Gasteiger partial charge is 0.356 e. The first-order valence-corrected chi connectivity index (χ1v) is 10.6. The predicted molar refractivity (Wildman–Crippen MR) is 129 cm³/mol. The summed E-state index contributed by atoms with van der Waals surface area (Å²) in [6.07, 6.45) is 0. The fourth-order valence-electron chi connectivity index (χ4n) is 3.10. The molecule has 0 aliphatic heterocycles. The molecule has 8 nitrogen and oxygen atoms in total. The van der Waals surface area contributed by atoms with Gasteiger partial charge in [0.2, 0.25) is 5.91 Å². The van der Waals surface area contributed by atoms with E-state index < -0.39 is 16.9 Å².